The molecule has 0 radical (unpaired) electrons. The second-order valence-corrected chi connectivity index (χ2v) is 7.38. The van der Waals surface area contributed by atoms with E-state index < -0.39 is 0 Å². The molecule has 1 heterocycles. The van der Waals surface area contributed by atoms with Gasteiger partial charge >= 0.3 is 5.97 Å². The average Bonchev–Trinajstić information content (AvgIpc) is 2.97. The number of benzene rings is 1. The molecule has 0 fully saturated rings. The predicted octanol–water partition coefficient (Wildman–Crippen LogP) is 4.24. The Hall–Kier alpha value is -2.21. The van der Waals surface area contributed by atoms with Crippen molar-refractivity contribution >= 4 is 28.7 Å². The van der Waals surface area contributed by atoms with Crippen LogP contribution in [0.25, 0.3) is 0 Å². The average molecular weight is 345 g/mol. The largest absolute Gasteiger partial charge is 0.465 e. The van der Waals surface area contributed by atoms with E-state index in [1.54, 1.807) is 6.21 Å². The number of hydrogen-bond acceptors (Lipinski definition) is 6. The van der Waals surface area contributed by atoms with Crippen LogP contribution in [0.1, 0.15) is 54.2 Å². The minimum absolute atomic E-state index is 0.135. The molecule has 0 aliphatic carbocycles. The predicted molar refractivity (Wildman–Crippen MR) is 99.2 cm³/mol. The van der Waals surface area contributed by atoms with Crippen LogP contribution in [0.5, 0.6) is 0 Å². The van der Waals surface area contributed by atoms with Crippen LogP contribution in [-0.4, -0.2) is 24.3 Å². The maximum absolute atomic E-state index is 11.7. The van der Waals surface area contributed by atoms with E-state index in [0.29, 0.717) is 16.4 Å². The molecule has 0 aliphatic heterocycles. The second kappa shape index (κ2) is 7.57. The van der Waals surface area contributed by atoms with Gasteiger partial charge in [0.05, 0.1) is 19.0 Å². The lowest BCUT2D eigenvalue weighted by molar-refractivity contribution is 0.0605. The Bertz CT molecular complexity index is 728. The number of thiazole rings is 1. The number of aromatic nitrogens is 1. The van der Waals surface area contributed by atoms with Crippen molar-refractivity contribution in [2.24, 2.45) is 5.10 Å². The first-order valence-electron chi connectivity index (χ1n) is 7.82. The molecule has 0 saturated carbocycles. The summed E-state index contributed by atoms with van der Waals surface area (Å²) in [5.74, 6) is -0.362. The molecule has 2 rings (SSSR count). The lowest BCUT2D eigenvalue weighted by Crippen LogP contribution is -2.10. The standard InChI is InChI=1S/C18H23N3O2S/c1-6-14-15(16(22)23-5)24-17(20-14)21-19-11-12-7-9-13(10-8-12)18(2,3)4/h7-11H,6H2,1-5H3,(H,20,21)/b19-11-. The van der Waals surface area contributed by atoms with Crippen LogP contribution in [0, 0.1) is 0 Å². The summed E-state index contributed by atoms with van der Waals surface area (Å²) in [4.78, 5) is 16.6. The first kappa shape index (κ1) is 18.1. The lowest BCUT2D eigenvalue weighted by Gasteiger charge is -2.18. The fourth-order valence-electron chi connectivity index (χ4n) is 2.12. The normalized spacial score (nSPS) is 11.7. The molecule has 0 amide bonds. The number of rotatable bonds is 5. The van der Waals surface area contributed by atoms with E-state index in [0.717, 1.165) is 11.3 Å². The van der Waals surface area contributed by atoms with Crippen molar-refractivity contribution in [1.82, 2.24) is 4.98 Å². The van der Waals surface area contributed by atoms with Gasteiger partial charge in [0, 0.05) is 0 Å². The zero-order chi connectivity index (χ0) is 17.7. The maximum Gasteiger partial charge on any atom is 0.350 e. The molecule has 1 aromatic carbocycles. The number of carbonyl (C=O) groups is 1. The Balaban J connectivity index is 2.06. The number of methoxy groups -OCH3 is 1. The van der Waals surface area contributed by atoms with E-state index in [9.17, 15) is 4.79 Å². The number of nitrogens with one attached hydrogen (secondary N) is 1. The number of ether oxygens (including phenoxy) is 1. The minimum Gasteiger partial charge on any atom is -0.465 e. The lowest BCUT2D eigenvalue weighted by atomic mass is 9.87. The summed E-state index contributed by atoms with van der Waals surface area (Å²) in [7, 11) is 1.37. The molecule has 24 heavy (non-hydrogen) atoms. The van der Waals surface area contributed by atoms with Gasteiger partial charge in [-0.15, -0.1) is 0 Å². The summed E-state index contributed by atoms with van der Waals surface area (Å²) in [5, 5.41) is 4.78. The van der Waals surface area contributed by atoms with Crippen molar-refractivity contribution in [2.75, 3.05) is 12.5 Å². The van der Waals surface area contributed by atoms with Crippen molar-refractivity contribution in [1.29, 1.82) is 0 Å². The highest BCUT2D eigenvalue weighted by molar-refractivity contribution is 7.17. The second-order valence-electron chi connectivity index (χ2n) is 6.38. The van der Waals surface area contributed by atoms with E-state index in [-0.39, 0.29) is 11.4 Å². The SMILES string of the molecule is CCc1nc(N/N=C\c2ccc(C(C)(C)C)cc2)sc1C(=O)OC. The number of hydrazone groups is 1. The molecule has 0 saturated heterocycles. The number of esters is 1. The van der Waals surface area contributed by atoms with Crippen LogP contribution in [0.2, 0.25) is 0 Å². The molecular weight excluding hydrogens is 322 g/mol. The number of anilines is 1. The van der Waals surface area contributed by atoms with Crippen molar-refractivity contribution in [3.8, 4) is 0 Å². The molecular formula is C18H23N3O2S. The zero-order valence-corrected chi connectivity index (χ0v) is 15.5. The summed E-state index contributed by atoms with van der Waals surface area (Å²) in [6.07, 6.45) is 2.40. The van der Waals surface area contributed by atoms with Crippen molar-refractivity contribution in [3.63, 3.8) is 0 Å². The smallest absolute Gasteiger partial charge is 0.350 e. The highest BCUT2D eigenvalue weighted by atomic mass is 32.1. The maximum atomic E-state index is 11.7. The van der Waals surface area contributed by atoms with E-state index in [4.69, 9.17) is 4.74 Å². The van der Waals surface area contributed by atoms with Crippen LogP contribution in [0.3, 0.4) is 0 Å². The number of nitrogens with zero attached hydrogens (tertiary/aromatic N) is 2. The monoisotopic (exact) mass is 345 g/mol. The van der Waals surface area contributed by atoms with Crippen molar-refractivity contribution < 1.29 is 9.53 Å². The van der Waals surface area contributed by atoms with E-state index in [2.05, 4.69) is 48.4 Å². The Morgan fingerprint density at radius 1 is 1.33 bits per heavy atom. The summed E-state index contributed by atoms with van der Waals surface area (Å²) >= 11 is 1.25. The molecule has 5 nitrogen and oxygen atoms in total. The molecule has 0 aliphatic rings. The van der Waals surface area contributed by atoms with E-state index >= 15 is 0 Å². The van der Waals surface area contributed by atoms with E-state index in [1.807, 2.05) is 19.1 Å². The molecule has 1 aromatic heterocycles. The van der Waals surface area contributed by atoms with Crippen molar-refractivity contribution in [2.45, 2.75) is 39.5 Å². The van der Waals surface area contributed by atoms with Crippen LogP contribution in [0.15, 0.2) is 29.4 Å². The molecule has 6 heteroatoms. The molecule has 2 aromatic rings. The number of carbonyl (C=O) groups excluding carboxylic acids is 1. The third kappa shape index (κ3) is 4.41. The quantitative estimate of drug-likeness (QED) is 0.500. The molecule has 0 atom stereocenters. The summed E-state index contributed by atoms with van der Waals surface area (Å²) in [5.41, 5.74) is 6.01. The first-order valence-corrected chi connectivity index (χ1v) is 8.64. The van der Waals surface area contributed by atoms with Gasteiger partial charge in [0.2, 0.25) is 5.13 Å². The number of hydrogen-bond donors (Lipinski definition) is 1. The van der Waals surface area contributed by atoms with Gasteiger partial charge < -0.3 is 4.74 Å². The van der Waals surface area contributed by atoms with Gasteiger partial charge in [0.25, 0.3) is 0 Å². The first-order chi connectivity index (χ1) is 11.3. The van der Waals surface area contributed by atoms with Gasteiger partial charge in [-0.2, -0.15) is 5.10 Å². The van der Waals surface area contributed by atoms with Gasteiger partial charge in [0.1, 0.15) is 4.88 Å². The highest BCUT2D eigenvalue weighted by Gasteiger charge is 2.17. The van der Waals surface area contributed by atoms with Gasteiger partial charge in [-0.05, 0) is 23.0 Å². The van der Waals surface area contributed by atoms with Gasteiger partial charge in [-0.25, -0.2) is 9.78 Å². The third-order valence-corrected chi connectivity index (χ3v) is 4.54. The van der Waals surface area contributed by atoms with Crippen molar-refractivity contribution in [3.05, 3.63) is 46.0 Å². The fourth-order valence-corrected chi connectivity index (χ4v) is 3.04. The third-order valence-electron chi connectivity index (χ3n) is 3.55. The summed E-state index contributed by atoms with van der Waals surface area (Å²) < 4.78 is 4.77. The zero-order valence-electron chi connectivity index (χ0n) is 14.7. The van der Waals surface area contributed by atoms with Crippen LogP contribution in [0.4, 0.5) is 5.13 Å². The fraction of sp³-hybridized carbons (Fsp3) is 0.389. The molecule has 128 valence electrons. The Morgan fingerprint density at radius 2 is 2.00 bits per heavy atom. The summed E-state index contributed by atoms with van der Waals surface area (Å²) in [6, 6.07) is 8.28. The van der Waals surface area contributed by atoms with E-state index in [1.165, 1.54) is 24.0 Å². The Morgan fingerprint density at radius 3 is 2.54 bits per heavy atom. The Labute approximate surface area is 146 Å². The van der Waals surface area contributed by atoms with Gasteiger partial charge in [0.15, 0.2) is 0 Å². The Kier molecular flexibility index (Phi) is 5.72. The summed E-state index contributed by atoms with van der Waals surface area (Å²) in [6.45, 7) is 8.50. The van der Waals surface area contributed by atoms with Gasteiger partial charge in [-0.1, -0.05) is 63.3 Å². The van der Waals surface area contributed by atoms with Crippen LogP contribution < -0.4 is 5.43 Å². The van der Waals surface area contributed by atoms with Crippen LogP contribution in [-0.2, 0) is 16.6 Å². The van der Waals surface area contributed by atoms with Crippen LogP contribution >= 0.6 is 11.3 Å². The molecule has 0 spiro atoms. The molecule has 1 N–H and O–H groups in total. The number of aryl methyl sites for hydroxylation is 1. The van der Waals surface area contributed by atoms with Gasteiger partial charge in [-0.3, -0.25) is 5.43 Å². The topological polar surface area (TPSA) is 63.6 Å². The molecule has 0 unspecified atom stereocenters. The molecule has 0 bridgehead atoms. The highest BCUT2D eigenvalue weighted by Crippen LogP contribution is 2.24. The minimum atomic E-state index is -0.362.